The first kappa shape index (κ1) is 19.8. The molecule has 1 heterocycles. The van der Waals surface area contributed by atoms with Gasteiger partial charge in [0.2, 0.25) is 0 Å². The quantitative estimate of drug-likeness (QED) is 0.472. The summed E-state index contributed by atoms with van der Waals surface area (Å²) in [6.45, 7) is 5.56. The molecule has 0 atom stereocenters. The number of benzene rings is 2. The van der Waals surface area contributed by atoms with Crippen LogP contribution >= 0.6 is 23.2 Å². The summed E-state index contributed by atoms with van der Waals surface area (Å²) in [6, 6.07) is 15.8. The second-order valence-corrected chi connectivity index (χ2v) is 7.58. The molecule has 142 valence electrons. The van der Waals surface area contributed by atoms with Crippen LogP contribution in [0.2, 0.25) is 10.0 Å². The fourth-order valence-electron chi connectivity index (χ4n) is 3.26. The average molecular weight is 407 g/mol. The van der Waals surface area contributed by atoms with Crippen molar-refractivity contribution >= 4 is 35.3 Å². The molecule has 0 unspecified atom stereocenters. The van der Waals surface area contributed by atoms with Gasteiger partial charge >= 0.3 is 0 Å². The highest BCUT2D eigenvalue weighted by molar-refractivity contribution is 6.38. The standard InChI is InChI=1S/C20H22Cl2N4O/c21-18-7-4-8-19(22)17(18)13-23-24-20(27)15-26-11-9-25(10-12-26)14-16-5-2-1-3-6-16/h1-8,13H,9-12,14-15H2,(H,24,27)/p+2/b23-13-. The molecule has 2 aromatic rings. The summed E-state index contributed by atoms with van der Waals surface area (Å²) < 4.78 is 0. The molecule has 1 saturated heterocycles. The van der Waals surface area contributed by atoms with Gasteiger partial charge < -0.3 is 9.80 Å². The highest BCUT2D eigenvalue weighted by Crippen LogP contribution is 2.21. The third kappa shape index (κ3) is 6.04. The summed E-state index contributed by atoms with van der Waals surface area (Å²) in [5.41, 5.74) is 4.54. The van der Waals surface area contributed by atoms with Crippen LogP contribution in [-0.2, 0) is 11.3 Å². The van der Waals surface area contributed by atoms with Crippen LogP contribution in [0, 0.1) is 0 Å². The molecule has 1 aliphatic rings. The molecule has 1 fully saturated rings. The predicted molar refractivity (Wildman–Crippen MR) is 109 cm³/mol. The van der Waals surface area contributed by atoms with Gasteiger partial charge in [-0.25, -0.2) is 5.43 Å². The summed E-state index contributed by atoms with van der Waals surface area (Å²) >= 11 is 12.2. The zero-order chi connectivity index (χ0) is 19.1. The Morgan fingerprint density at radius 1 is 0.963 bits per heavy atom. The summed E-state index contributed by atoms with van der Waals surface area (Å²) in [5, 5.41) is 4.99. The summed E-state index contributed by atoms with van der Waals surface area (Å²) in [5.74, 6) is -0.101. The van der Waals surface area contributed by atoms with E-state index in [9.17, 15) is 4.79 Å². The first-order valence-electron chi connectivity index (χ1n) is 9.09. The van der Waals surface area contributed by atoms with Crippen LogP contribution in [0.3, 0.4) is 0 Å². The van der Waals surface area contributed by atoms with Crippen molar-refractivity contribution in [2.24, 2.45) is 5.10 Å². The second-order valence-electron chi connectivity index (χ2n) is 6.77. The monoisotopic (exact) mass is 406 g/mol. The lowest BCUT2D eigenvalue weighted by molar-refractivity contribution is -1.02. The third-order valence-electron chi connectivity index (χ3n) is 4.75. The van der Waals surface area contributed by atoms with E-state index in [4.69, 9.17) is 23.2 Å². The Morgan fingerprint density at radius 2 is 1.59 bits per heavy atom. The molecule has 3 N–H and O–H groups in total. The molecule has 0 spiro atoms. The van der Waals surface area contributed by atoms with Crippen LogP contribution in [0.5, 0.6) is 0 Å². The zero-order valence-electron chi connectivity index (χ0n) is 15.1. The van der Waals surface area contributed by atoms with Crippen LogP contribution in [-0.4, -0.2) is 44.8 Å². The summed E-state index contributed by atoms with van der Waals surface area (Å²) in [4.78, 5) is 15.0. The number of halogens is 2. The van der Waals surface area contributed by atoms with Gasteiger partial charge in [-0.2, -0.15) is 5.10 Å². The smallest absolute Gasteiger partial charge is 0.295 e. The minimum Gasteiger partial charge on any atom is -0.322 e. The fourth-order valence-corrected chi connectivity index (χ4v) is 3.76. The molecule has 3 rings (SSSR count). The molecule has 0 aliphatic carbocycles. The van der Waals surface area contributed by atoms with Gasteiger partial charge in [0.1, 0.15) is 32.7 Å². The number of piperazine rings is 1. The maximum absolute atomic E-state index is 12.1. The molecular weight excluding hydrogens is 383 g/mol. The van der Waals surface area contributed by atoms with Crippen molar-refractivity contribution in [2.45, 2.75) is 6.54 Å². The lowest BCUT2D eigenvalue weighted by atomic mass is 10.2. The van der Waals surface area contributed by atoms with E-state index < -0.39 is 0 Å². The molecule has 27 heavy (non-hydrogen) atoms. The Balaban J connectivity index is 1.41. The maximum Gasteiger partial charge on any atom is 0.295 e. The Labute approximate surface area is 169 Å². The van der Waals surface area contributed by atoms with Gasteiger partial charge in [0.25, 0.3) is 5.91 Å². The average Bonchev–Trinajstić information content (AvgIpc) is 2.67. The Bertz CT molecular complexity index is 770. The lowest BCUT2D eigenvalue weighted by Crippen LogP contribution is -3.28. The number of amides is 1. The molecule has 5 nitrogen and oxygen atoms in total. The molecule has 0 saturated carbocycles. The third-order valence-corrected chi connectivity index (χ3v) is 5.41. The fraction of sp³-hybridized carbons (Fsp3) is 0.300. The van der Waals surface area contributed by atoms with Gasteiger partial charge in [0, 0.05) is 11.1 Å². The minimum atomic E-state index is -0.101. The molecule has 1 amide bonds. The highest BCUT2D eigenvalue weighted by Gasteiger charge is 2.24. The lowest BCUT2D eigenvalue weighted by Gasteiger charge is -2.29. The Morgan fingerprint density at radius 3 is 2.26 bits per heavy atom. The van der Waals surface area contributed by atoms with Crippen molar-refractivity contribution in [2.75, 3.05) is 32.7 Å². The molecule has 0 bridgehead atoms. The van der Waals surface area contributed by atoms with Gasteiger partial charge in [-0.1, -0.05) is 59.6 Å². The highest BCUT2D eigenvalue weighted by atomic mass is 35.5. The van der Waals surface area contributed by atoms with E-state index >= 15 is 0 Å². The number of quaternary nitrogens is 2. The van der Waals surface area contributed by atoms with Crippen molar-refractivity contribution in [3.05, 3.63) is 69.7 Å². The van der Waals surface area contributed by atoms with Crippen molar-refractivity contribution < 1.29 is 14.6 Å². The van der Waals surface area contributed by atoms with Crippen molar-refractivity contribution in [1.82, 2.24) is 5.43 Å². The number of carbonyl (C=O) groups is 1. The normalized spacial score (nSPS) is 19.9. The van der Waals surface area contributed by atoms with Gasteiger partial charge in [0.05, 0.1) is 16.3 Å². The largest absolute Gasteiger partial charge is 0.322 e. The van der Waals surface area contributed by atoms with Gasteiger partial charge in [-0.15, -0.1) is 0 Å². The molecule has 1 aliphatic heterocycles. The molecule has 0 aromatic heterocycles. The Kier molecular flexibility index (Phi) is 7.24. The minimum absolute atomic E-state index is 0.101. The van der Waals surface area contributed by atoms with Crippen molar-refractivity contribution in [1.29, 1.82) is 0 Å². The summed E-state index contributed by atoms with van der Waals surface area (Å²) in [6.07, 6.45) is 1.49. The van der Waals surface area contributed by atoms with E-state index in [-0.39, 0.29) is 5.91 Å². The van der Waals surface area contributed by atoms with Crippen LogP contribution < -0.4 is 15.2 Å². The number of rotatable bonds is 6. The molecule has 0 radical (unpaired) electrons. The van der Waals surface area contributed by atoms with Crippen molar-refractivity contribution in [3.63, 3.8) is 0 Å². The van der Waals surface area contributed by atoms with E-state index in [0.717, 1.165) is 32.7 Å². The van der Waals surface area contributed by atoms with Crippen molar-refractivity contribution in [3.8, 4) is 0 Å². The van der Waals surface area contributed by atoms with E-state index in [0.29, 0.717) is 22.2 Å². The summed E-state index contributed by atoms with van der Waals surface area (Å²) in [7, 11) is 0. The SMILES string of the molecule is O=C(C[NH+]1CC[NH+](Cc2ccccc2)CC1)N/N=C\c1c(Cl)cccc1Cl. The first-order valence-corrected chi connectivity index (χ1v) is 9.84. The molecule has 2 aromatic carbocycles. The van der Waals surface area contributed by atoms with E-state index in [2.05, 4.69) is 34.8 Å². The number of nitrogens with one attached hydrogen (secondary N) is 3. The molecular formula is C20H24Cl2N4O+2. The van der Waals surface area contributed by atoms with Gasteiger partial charge in [0.15, 0.2) is 6.54 Å². The van der Waals surface area contributed by atoms with Crippen LogP contribution in [0.25, 0.3) is 0 Å². The predicted octanol–water partition coefficient (Wildman–Crippen LogP) is 0.427. The van der Waals surface area contributed by atoms with E-state index in [1.807, 2.05) is 6.07 Å². The number of hydrogen-bond acceptors (Lipinski definition) is 2. The number of nitrogens with zero attached hydrogens (tertiary/aromatic N) is 1. The second kappa shape index (κ2) is 9.85. The van der Waals surface area contributed by atoms with Crippen LogP contribution in [0.4, 0.5) is 0 Å². The number of hydrogen-bond donors (Lipinski definition) is 3. The van der Waals surface area contributed by atoms with Gasteiger partial charge in [-0.3, -0.25) is 4.79 Å². The zero-order valence-corrected chi connectivity index (χ0v) is 16.6. The van der Waals surface area contributed by atoms with Gasteiger partial charge in [-0.05, 0) is 12.1 Å². The van der Waals surface area contributed by atoms with E-state index in [1.165, 1.54) is 16.7 Å². The first-order chi connectivity index (χ1) is 13.1. The molecule has 7 heteroatoms. The number of hydrazone groups is 1. The van der Waals surface area contributed by atoms with Crippen LogP contribution in [0.15, 0.2) is 53.6 Å². The van der Waals surface area contributed by atoms with Crippen LogP contribution in [0.1, 0.15) is 11.1 Å². The maximum atomic E-state index is 12.1. The Hall–Kier alpha value is -1.92. The van der Waals surface area contributed by atoms with E-state index in [1.54, 1.807) is 23.1 Å². The topological polar surface area (TPSA) is 50.3 Å². The number of carbonyl (C=O) groups excluding carboxylic acids is 1.